The van der Waals surface area contributed by atoms with Crippen molar-refractivity contribution in [1.29, 1.82) is 0 Å². The largest absolute Gasteiger partial charge is 0.478 e. The summed E-state index contributed by atoms with van der Waals surface area (Å²) < 4.78 is 0. The van der Waals surface area contributed by atoms with Crippen LogP contribution < -0.4 is 0 Å². The Morgan fingerprint density at radius 3 is 2.44 bits per heavy atom. The van der Waals surface area contributed by atoms with Crippen LogP contribution >= 0.6 is 0 Å². The van der Waals surface area contributed by atoms with Gasteiger partial charge in [-0.15, -0.1) is 0 Å². The number of carboxylic acid groups (broad SMARTS) is 1. The van der Waals surface area contributed by atoms with Gasteiger partial charge in [-0.05, 0) is 36.0 Å². The highest BCUT2D eigenvalue weighted by Crippen LogP contribution is 2.23. The maximum absolute atomic E-state index is 10.7. The zero-order valence-electron chi connectivity index (χ0n) is 11.1. The van der Waals surface area contributed by atoms with E-state index in [0.29, 0.717) is 5.56 Å². The third-order valence-electron chi connectivity index (χ3n) is 3.85. The number of rotatable bonds is 5. The van der Waals surface area contributed by atoms with Gasteiger partial charge in [0.1, 0.15) is 0 Å². The van der Waals surface area contributed by atoms with Gasteiger partial charge in [-0.2, -0.15) is 0 Å². The van der Waals surface area contributed by atoms with Crippen LogP contribution in [0.1, 0.15) is 29.8 Å². The summed E-state index contributed by atoms with van der Waals surface area (Å²) in [6.07, 6.45) is 1.00. The quantitative estimate of drug-likeness (QED) is 0.869. The van der Waals surface area contributed by atoms with Gasteiger partial charge >= 0.3 is 5.97 Å². The Balaban J connectivity index is 1.76. The highest BCUT2D eigenvalue weighted by atomic mass is 16.4. The molecule has 0 bridgehead atoms. The second-order valence-corrected chi connectivity index (χ2v) is 5.52. The Labute approximate surface area is 108 Å². The van der Waals surface area contributed by atoms with Gasteiger partial charge in [0, 0.05) is 19.6 Å². The topological polar surface area (TPSA) is 40.5 Å². The van der Waals surface area contributed by atoms with Crippen LogP contribution in [-0.2, 0) is 6.42 Å². The zero-order chi connectivity index (χ0) is 13.1. The molecule has 18 heavy (non-hydrogen) atoms. The number of hydrogen-bond acceptors (Lipinski definition) is 2. The van der Waals surface area contributed by atoms with E-state index in [0.717, 1.165) is 24.8 Å². The summed E-state index contributed by atoms with van der Waals surface area (Å²) in [5.74, 6) is 0.791. The maximum Gasteiger partial charge on any atom is 0.335 e. The van der Waals surface area contributed by atoms with Crippen LogP contribution in [0, 0.1) is 11.8 Å². The molecule has 0 atom stereocenters. The van der Waals surface area contributed by atoms with Gasteiger partial charge < -0.3 is 10.0 Å². The summed E-state index contributed by atoms with van der Waals surface area (Å²) in [6, 6.07) is 7.21. The summed E-state index contributed by atoms with van der Waals surface area (Å²) in [6.45, 7) is 8.07. The van der Waals surface area contributed by atoms with E-state index in [-0.39, 0.29) is 0 Å². The summed E-state index contributed by atoms with van der Waals surface area (Å²) in [4.78, 5) is 13.2. The zero-order valence-corrected chi connectivity index (χ0v) is 11.1. The van der Waals surface area contributed by atoms with Crippen molar-refractivity contribution >= 4 is 5.97 Å². The molecule has 1 saturated heterocycles. The first-order valence-electron chi connectivity index (χ1n) is 6.61. The normalized spacial score (nSPS) is 16.8. The van der Waals surface area contributed by atoms with Crippen LogP contribution in [0.5, 0.6) is 0 Å². The van der Waals surface area contributed by atoms with Gasteiger partial charge in [0.15, 0.2) is 0 Å². The fourth-order valence-electron chi connectivity index (χ4n) is 2.32. The van der Waals surface area contributed by atoms with E-state index in [2.05, 4.69) is 18.7 Å². The van der Waals surface area contributed by atoms with Crippen LogP contribution in [0.2, 0.25) is 0 Å². The summed E-state index contributed by atoms with van der Waals surface area (Å²) >= 11 is 0. The minimum Gasteiger partial charge on any atom is -0.478 e. The smallest absolute Gasteiger partial charge is 0.335 e. The molecule has 98 valence electrons. The van der Waals surface area contributed by atoms with Crippen molar-refractivity contribution in [2.24, 2.45) is 11.8 Å². The maximum atomic E-state index is 10.7. The fraction of sp³-hybridized carbons (Fsp3) is 0.533. The predicted molar refractivity (Wildman–Crippen MR) is 71.9 cm³/mol. The van der Waals surface area contributed by atoms with Crippen LogP contribution in [0.25, 0.3) is 0 Å². The number of hydrogen-bond donors (Lipinski definition) is 1. The molecule has 2 rings (SSSR count). The molecule has 0 aliphatic carbocycles. The van der Waals surface area contributed by atoms with Crippen molar-refractivity contribution in [1.82, 2.24) is 4.90 Å². The fourth-order valence-corrected chi connectivity index (χ4v) is 2.32. The summed E-state index contributed by atoms with van der Waals surface area (Å²) in [7, 11) is 0. The molecule has 3 heteroatoms. The lowest BCUT2D eigenvalue weighted by atomic mass is 9.88. The van der Waals surface area contributed by atoms with Crippen LogP contribution in [0.15, 0.2) is 24.3 Å². The number of nitrogens with zero attached hydrogens (tertiary/aromatic N) is 1. The Bertz CT molecular complexity index is 405. The molecule has 1 N–H and O–H groups in total. The molecule has 1 aliphatic rings. The van der Waals surface area contributed by atoms with E-state index in [9.17, 15) is 4.79 Å². The van der Waals surface area contributed by atoms with Gasteiger partial charge in [0.25, 0.3) is 0 Å². The van der Waals surface area contributed by atoms with E-state index in [1.165, 1.54) is 18.7 Å². The standard InChI is InChI=1S/C15H21NO2/c1-11(2)14-9-16(10-14)8-7-12-3-5-13(6-4-12)15(17)18/h3-6,11,14H,7-10H2,1-2H3,(H,17,18). The molecule has 0 saturated carbocycles. The average molecular weight is 247 g/mol. The number of likely N-dealkylation sites (tertiary alicyclic amines) is 1. The van der Waals surface area contributed by atoms with Crippen molar-refractivity contribution in [3.63, 3.8) is 0 Å². The molecule has 0 aromatic heterocycles. The van der Waals surface area contributed by atoms with Crippen LogP contribution in [0.3, 0.4) is 0 Å². The third-order valence-corrected chi connectivity index (χ3v) is 3.85. The molecule has 1 fully saturated rings. The van der Waals surface area contributed by atoms with E-state index in [4.69, 9.17) is 5.11 Å². The first-order valence-corrected chi connectivity index (χ1v) is 6.61. The molecule has 1 aromatic carbocycles. The van der Waals surface area contributed by atoms with E-state index < -0.39 is 5.97 Å². The molecule has 3 nitrogen and oxygen atoms in total. The molecule has 1 heterocycles. The molecule has 1 aliphatic heterocycles. The summed E-state index contributed by atoms with van der Waals surface area (Å²) in [5, 5.41) is 8.81. The number of benzene rings is 1. The van der Waals surface area contributed by atoms with Crippen LogP contribution in [-0.4, -0.2) is 35.6 Å². The van der Waals surface area contributed by atoms with Crippen molar-refractivity contribution in [3.05, 3.63) is 35.4 Å². The number of carboxylic acids is 1. The van der Waals surface area contributed by atoms with Crippen molar-refractivity contribution in [3.8, 4) is 0 Å². The van der Waals surface area contributed by atoms with E-state index in [1.54, 1.807) is 12.1 Å². The predicted octanol–water partition coefficient (Wildman–Crippen LogP) is 2.52. The Hall–Kier alpha value is -1.35. The van der Waals surface area contributed by atoms with E-state index >= 15 is 0 Å². The Morgan fingerprint density at radius 1 is 1.33 bits per heavy atom. The first-order chi connectivity index (χ1) is 8.56. The van der Waals surface area contributed by atoms with Gasteiger partial charge in [-0.3, -0.25) is 0 Å². The van der Waals surface area contributed by atoms with Crippen molar-refractivity contribution in [2.45, 2.75) is 20.3 Å². The molecule has 0 spiro atoms. The molecule has 1 aromatic rings. The molecular weight excluding hydrogens is 226 g/mol. The SMILES string of the molecule is CC(C)C1CN(CCc2ccc(C(=O)O)cc2)C1. The molecule has 0 unspecified atom stereocenters. The highest BCUT2D eigenvalue weighted by Gasteiger charge is 2.28. The van der Waals surface area contributed by atoms with Crippen LogP contribution in [0.4, 0.5) is 0 Å². The minimum absolute atomic E-state index is 0.363. The lowest BCUT2D eigenvalue weighted by Crippen LogP contribution is -2.49. The highest BCUT2D eigenvalue weighted by molar-refractivity contribution is 5.87. The number of carbonyl (C=O) groups is 1. The second-order valence-electron chi connectivity index (χ2n) is 5.52. The average Bonchev–Trinajstić information content (AvgIpc) is 2.27. The monoisotopic (exact) mass is 247 g/mol. The van der Waals surface area contributed by atoms with Crippen molar-refractivity contribution < 1.29 is 9.90 Å². The first kappa shape index (κ1) is 13.1. The van der Waals surface area contributed by atoms with Gasteiger partial charge in [-0.1, -0.05) is 26.0 Å². The lowest BCUT2D eigenvalue weighted by molar-refractivity contribution is 0.0695. The van der Waals surface area contributed by atoms with Gasteiger partial charge in [-0.25, -0.2) is 4.79 Å². The Morgan fingerprint density at radius 2 is 1.94 bits per heavy atom. The lowest BCUT2D eigenvalue weighted by Gasteiger charge is -2.41. The van der Waals surface area contributed by atoms with Crippen molar-refractivity contribution in [2.75, 3.05) is 19.6 Å². The minimum atomic E-state index is -0.857. The molecule has 0 radical (unpaired) electrons. The van der Waals surface area contributed by atoms with E-state index in [1.807, 2.05) is 12.1 Å². The Kier molecular flexibility index (Phi) is 4.02. The second kappa shape index (κ2) is 5.53. The molecule has 0 amide bonds. The third kappa shape index (κ3) is 3.10. The summed E-state index contributed by atoms with van der Waals surface area (Å²) in [5.41, 5.74) is 1.58. The van der Waals surface area contributed by atoms with Gasteiger partial charge in [0.2, 0.25) is 0 Å². The number of aromatic carboxylic acids is 1. The molecular formula is C15H21NO2. The van der Waals surface area contributed by atoms with Gasteiger partial charge in [0.05, 0.1) is 5.56 Å².